The van der Waals surface area contributed by atoms with E-state index in [-0.39, 0.29) is 0 Å². The highest BCUT2D eigenvalue weighted by molar-refractivity contribution is 7.99. The van der Waals surface area contributed by atoms with Crippen molar-refractivity contribution in [3.8, 4) is 0 Å². The number of hydrogen-bond acceptors (Lipinski definition) is 3. The van der Waals surface area contributed by atoms with Crippen molar-refractivity contribution in [1.29, 1.82) is 0 Å². The fourth-order valence-electron chi connectivity index (χ4n) is 1.28. The van der Waals surface area contributed by atoms with Gasteiger partial charge in [0.15, 0.2) is 0 Å². The summed E-state index contributed by atoms with van der Waals surface area (Å²) in [6, 6.07) is 4.63. The van der Waals surface area contributed by atoms with Crippen LogP contribution in [0.4, 0.5) is 5.82 Å². The van der Waals surface area contributed by atoms with Gasteiger partial charge in [-0.05, 0) is 43.4 Å². The van der Waals surface area contributed by atoms with Crippen molar-refractivity contribution >= 4 is 17.6 Å². The largest absolute Gasteiger partial charge is 0.368 e. The maximum absolute atomic E-state index is 4.33. The van der Waals surface area contributed by atoms with Crippen LogP contribution < -0.4 is 5.32 Å². The van der Waals surface area contributed by atoms with Crippen LogP contribution in [0.5, 0.6) is 0 Å². The summed E-state index contributed by atoms with van der Waals surface area (Å²) in [4.78, 5) is 4.33. The standard InChI is InChI=1S/C12H20N2S/c1-4-15-8-7-11(3)14-12-6-5-10(2)9-13-12/h5-6,9,11H,4,7-8H2,1-3H3,(H,13,14). The predicted octanol–water partition coefficient (Wildman–Crippen LogP) is 3.33. The lowest BCUT2D eigenvalue weighted by Crippen LogP contribution is -2.16. The third kappa shape index (κ3) is 5.07. The highest BCUT2D eigenvalue weighted by atomic mass is 32.2. The molecule has 1 heterocycles. The molecule has 1 unspecified atom stereocenters. The zero-order valence-corrected chi connectivity index (χ0v) is 10.6. The predicted molar refractivity (Wildman–Crippen MR) is 69.7 cm³/mol. The average Bonchev–Trinajstić information content (AvgIpc) is 2.22. The van der Waals surface area contributed by atoms with Crippen LogP contribution in [0.15, 0.2) is 18.3 Å². The van der Waals surface area contributed by atoms with Gasteiger partial charge in [0, 0.05) is 12.2 Å². The van der Waals surface area contributed by atoms with Crippen molar-refractivity contribution in [1.82, 2.24) is 4.98 Å². The molecule has 0 aromatic carbocycles. The number of nitrogens with zero attached hydrogens (tertiary/aromatic N) is 1. The quantitative estimate of drug-likeness (QED) is 0.750. The molecule has 84 valence electrons. The van der Waals surface area contributed by atoms with Gasteiger partial charge >= 0.3 is 0 Å². The Kier molecular flexibility index (Phi) is 5.54. The third-order valence-electron chi connectivity index (χ3n) is 2.20. The molecule has 0 radical (unpaired) electrons. The molecule has 0 bridgehead atoms. The Hall–Kier alpha value is -0.700. The van der Waals surface area contributed by atoms with Gasteiger partial charge in [0.1, 0.15) is 5.82 Å². The van der Waals surface area contributed by atoms with E-state index in [1.54, 1.807) is 0 Å². The monoisotopic (exact) mass is 224 g/mol. The molecule has 15 heavy (non-hydrogen) atoms. The zero-order valence-electron chi connectivity index (χ0n) is 9.79. The highest BCUT2D eigenvalue weighted by Crippen LogP contribution is 2.09. The second kappa shape index (κ2) is 6.72. The van der Waals surface area contributed by atoms with Crippen LogP contribution in [-0.2, 0) is 0 Å². The van der Waals surface area contributed by atoms with E-state index in [0.717, 1.165) is 5.82 Å². The van der Waals surface area contributed by atoms with Crippen molar-refractivity contribution < 1.29 is 0 Å². The Morgan fingerprint density at radius 2 is 2.27 bits per heavy atom. The lowest BCUT2D eigenvalue weighted by molar-refractivity contribution is 0.766. The minimum Gasteiger partial charge on any atom is -0.368 e. The van der Waals surface area contributed by atoms with Crippen molar-refractivity contribution in [2.24, 2.45) is 0 Å². The van der Waals surface area contributed by atoms with E-state index in [1.807, 2.05) is 24.0 Å². The van der Waals surface area contributed by atoms with E-state index in [1.165, 1.54) is 23.5 Å². The van der Waals surface area contributed by atoms with Crippen LogP contribution in [0, 0.1) is 6.92 Å². The molecule has 0 aliphatic carbocycles. The Morgan fingerprint density at radius 3 is 2.87 bits per heavy atom. The van der Waals surface area contributed by atoms with Gasteiger partial charge < -0.3 is 5.32 Å². The Bertz CT molecular complexity index is 271. The summed E-state index contributed by atoms with van der Waals surface area (Å²) in [5, 5.41) is 3.40. The van der Waals surface area contributed by atoms with Crippen LogP contribution in [0.1, 0.15) is 25.8 Å². The van der Waals surface area contributed by atoms with Crippen LogP contribution in [0.25, 0.3) is 0 Å². The molecule has 0 saturated carbocycles. The Morgan fingerprint density at radius 1 is 1.47 bits per heavy atom. The molecule has 1 atom stereocenters. The molecular weight excluding hydrogens is 204 g/mol. The number of pyridine rings is 1. The van der Waals surface area contributed by atoms with Gasteiger partial charge in [-0.15, -0.1) is 0 Å². The normalized spacial score (nSPS) is 12.5. The lowest BCUT2D eigenvalue weighted by atomic mass is 10.2. The molecule has 1 N–H and O–H groups in total. The number of thioether (sulfide) groups is 1. The Balaban J connectivity index is 2.31. The van der Waals surface area contributed by atoms with Crippen molar-refractivity contribution in [3.63, 3.8) is 0 Å². The van der Waals surface area contributed by atoms with E-state index >= 15 is 0 Å². The minimum absolute atomic E-state index is 0.499. The average molecular weight is 224 g/mol. The van der Waals surface area contributed by atoms with Gasteiger partial charge in [-0.1, -0.05) is 13.0 Å². The summed E-state index contributed by atoms with van der Waals surface area (Å²) in [5.74, 6) is 3.40. The minimum atomic E-state index is 0.499. The summed E-state index contributed by atoms with van der Waals surface area (Å²) in [7, 11) is 0. The number of aromatic nitrogens is 1. The van der Waals surface area contributed by atoms with Crippen LogP contribution in [0.2, 0.25) is 0 Å². The number of anilines is 1. The first-order valence-corrected chi connectivity index (χ1v) is 6.64. The summed E-state index contributed by atoms with van der Waals surface area (Å²) in [6.45, 7) is 6.46. The van der Waals surface area contributed by atoms with E-state index in [4.69, 9.17) is 0 Å². The molecule has 0 spiro atoms. The summed E-state index contributed by atoms with van der Waals surface area (Å²) in [6.07, 6.45) is 3.09. The molecule has 1 aromatic rings. The van der Waals surface area contributed by atoms with Gasteiger partial charge in [0.25, 0.3) is 0 Å². The molecule has 0 aliphatic heterocycles. The van der Waals surface area contributed by atoms with Gasteiger partial charge in [0.2, 0.25) is 0 Å². The molecule has 0 fully saturated rings. The SMILES string of the molecule is CCSCCC(C)Nc1ccc(C)cn1. The van der Waals surface area contributed by atoms with Gasteiger partial charge in [-0.2, -0.15) is 11.8 Å². The second-order valence-corrected chi connectivity index (χ2v) is 5.15. The maximum Gasteiger partial charge on any atom is 0.126 e. The van der Waals surface area contributed by atoms with E-state index < -0.39 is 0 Å². The Labute approximate surface area is 96.9 Å². The van der Waals surface area contributed by atoms with E-state index in [2.05, 4.69) is 37.1 Å². The number of aryl methyl sites for hydroxylation is 1. The molecule has 0 aliphatic rings. The molecular formula is C12H20N2S. The van der Waals surface area contributed by atoms with Crippen molar-refractivity contribution in [2.75, 3.05) is 16.8 Å². The molecule has 3 heteroatoms. The number of hydrogen-bond donors (Lipinski definition) is 1. The van der Waals surface area contributed by atoms with Gasteiger partial charge in [0.05, 0.1) is 0 Å². The third-order valence-corrected chi connectivity index (χ3v) is 3.14. The lowest BCUT2D eigenvalue weighted by Gasteiger charge is -2.13. The molecule has 0 amide bonds. The van der Waals surface area contributed by atoms with E-state index in [9.17, 15) is 0 Å². The smallest absolute Gasteiger partial charge is 0.126 e. The zero-order chi connectivity index (χ0) is 11.1. The molecule has 1 aromatic heterocycles. The first-order valence-electron chi connectivity index (χ1n) is 5.49. The van der Waals surface area contributed by atoms with Gasteiger partial charge in [-0.25, -0.2) is 4.98 Å². The molecule has 2 nitrogen and oxygen atoms in total. The summed E-state index contributed by atoms with van der Waals surface area (Å²) in [5.41, 5.74) is 1.20. The first kappa shape index (κ1) is 12.4. The highest BCUT2D eigenvalue weighted by Gasteiger charge is 2.01. The van der Waals surface area contributed by atoms with Crippen LogP contribution >= 0.6 is 11.8 Å². The van der Waals surface area contributed by atoms with E-state index in [0.29, 0.717) is 6.04 Å². The van der Waals surface area contributed by atoms with Crippen molar-refractivity contribution in [2.45, 2.75) is 33.2 Å². The maximum atomic E-state index is 4.33. The topological polar surface area (TPSA) is 24.9 Å². The molecule has 1 rings (SSSR count). The van der Waals surface area contributed by atoms with Crippen molar-refractivity contribution in [3.05, 3.63) is 23.9 Å². The summed E-state index contributed by atoms with van der Waals surface area (Å²) >= 11 is 1.99. The molecule has 0 saturated heterocycles. The second-order valence-electron chi connectivity index (χ2n) is 3.75. The fourth-order valence-corrected chi connectivity index (χ4v) is 2.09. The first-order chi connectivity index (χ1) is 7.22. The van der Waals surface area contributed by atoms with Crippen LogP contribution in [-0.4, -0.2) is 22.5 Å². The number of rotatable bonds is 6. The van der Waals surface area contributed by atoms with Gasteiger partial charge in [-0.3, -0.25) is 0 Å². The number of nitrogens with one attached hydrogen (secondary N) is 1. The van der Waals surface area contributed by atoms with Crippen LogP contribution in [0.3, 0.4) is 0 Å². The summed E-state index contributed by atoms with van der Waals surface area (Å²) < 4.78 is 0. The fraction of sp³-hybridized carbons (Fsp3) is 0.583.